The Morgan fingerprint density at radius 2 is 2.09 bits per heavy atom. The lowest BCUT2D eigenvalue weighted by atomic mass is 10.1. The Morgan fingerprint density at radius 3 is 2.77 bits per heavy atom. The van der Waals surface area contributed by atoms with Gasteiger partial charge in [0.2, 0.25) is 11.7 Å². The summed E-state index contributed by atoms with van der Waals surface area (Å²) in [7, 11) is 0. The average Bonchev–Trinajstić information content (AvgIpc) is 3.08. The molecular formula is C14H12ClN5O2. The van der Waals surface area contributed by atoms with Gasteiger partial charge in [-0.15, -0.1) is 10.2 Å². The highest BCUT2D eigenvalue weighted by molar-refractivity contribution is 6.28. The summed E-state index contributed by atoms with van der Waals surface area (Å²) < 4.78 is 5.17. The molecular weight excluding hydrogens is 306 g/mol. The predicted molar refractivity (Wildman–Crippen MR) is 80.2 cm³/mol. The molecule has 0 saturated heterocycles. The van der Waals surface area contributed by atoms with E-state index in [9.17, 15) is 5.11 Å². The zero-order valence-electron chi connectivity index (χ0n) is 11.3. The van der Waals surface area contributed by atoms with Crippen LogP contribution in [0.25, 0.3) is 11.5 Å². The molecule has 7 nitrogen and oxygen atoms in total. The Morgan fingerprint density at radius 1 is 1.27 bits per heavy atom. The third kappa shape index (κ3) is 3.05. The molecule has 0 aliphatic rings. The summed E-state index contributed by atoms with van der Waals surface area (Å²) >= 11 is 5.86. The molecule has 0 aliphatic heterocycles. The van der Waals surface area contributed by atoms with Crippen molar-refractivity contribution in [3.05, 3.63) is 53.8 Å². The maximum atomic E-state index is 9.64. The highest BCUT2D eigenvalue weighted by atomic mass is 35.5. The predicted octanol–water partition coefficient (Wildman–Crippen LogP) is 2.33. The fraction of sp³-hybridized carbons (Fsp3) is 0.143. The fourth-order valence-corrected chi connectivity index (χ4v) is 2.14. The molecule has 0 radical (unpaired) electrons. The number of nitrogens with zero attached hydrogens (tertiary/aromatic N) is 4. The maximum Gasteiger partial charge on any atom is 0.252 e. The van der Waals surface area contributed by atoms with E-state index in [1.807, 2.05) is 30.3 Å². The zero-order valence-corrected chi connectivity index (χ0v) is 12.1. The molecule has 112 valence electrons. The molecule has 0 unspecified atom stereocenters. The van der Waals surface area contributed by atoms with Gasteiger partial charge in [-0.05, 0) is 17.2 Å². The number of anilines is 1. The van der Waals surface area contributed by atoms with Gasteiger partial charge in [-0.1, -0.05) is 30.3 Å². The van der Waals surface area contributed by atoms with E-state index in [4.69, 9.17) is 16.0 Å². The van der Waals surface area contributed by atoms with Crippen molar-refractivity contribution in [2.24, 2.45) is 0 Å². The standard InChI is InChI=1S/C14H12ClN5O2/c15-14-16-6-10(13-20-17-8-22-13)12(19-14)18-11(7-21)9-4-2-1-3-5-9/h1-6,8,11,21H,7H2,(H,16,18,19)/t11-/m1/s1. The Balaban J connectivity index is 1.95. The van der Waals surface area contributed by atoms with Crippen LogP contribution in [0, 0.1) is 0 Å². The lowest BCUT2D eigenvalue weighted by Gasteiger charge is -2.18. The van der Waals surface area contributed by atoms with Gasteiger partial charge in [0.05, 0.1) is 18.2 Å². The maximum absolute atomic E-state index is 9.64. The minimum Gasteiger partial charge on any atom is -0.423 e. The minimum atomic E-state index is -0.353. The first-order valence-corrected chi connectivity index (χ1v) is 6.87. The molecule has 0 amide bonds. The number of hydrogen-bond donors (Lipinski definition) is 2. The summed E-state index contributed by atoms with van der Waals surface area (Å²) in [6.07, 6.45) is 2.71. The van der Waals surface area contributed by atoms with Gasteiger partial charge in [-0.25, -0.2) is 4.98 Å². The Bertz CT molecular complexity index is 736. The van der Waals surface area contributed by atoms with Gasteiger partial charge in [0.15, 0.2) is 0 Å². The van der Waals surface area contributed by atoms with Crippen LogP contribution in [-0.2, 0) is 0 Å². The van der Waals surface area contributed by atoms with Crippen molar-refractivity contribution in [1.29, 1.82) is 0 Å². The molecule has 0 bridgehead atoms. The van der Waals surface area contributed by atoms with Crippen molar-refractivity contribution in [3.8, 4) is 11.5 Å². The van der Waals surface area contributed by atoms with E-state index in [2.05, 4.69) is 25.5 Å². The monoisotopic (exact) mass is 317 g/mol. The van der Waals surface area contributed by atoms with Gasteiger partial charge in [-0.3, -0.25) is 0 Å². The highest BCUT2D eigenvalue weighted by Crippen LogP contribution is 2.28. The van der Waals surface area contributed by atoms with E-state index in [0.717, 1.165) is 5.56 Å². The Labute approximate surface area is 131 Å². The van der Waals surface area contributed by atoms with Crippen molar-refractivity contribution in [3.63, 3.8) is 0 Å². The summed E-state index contributed by atoms with van der Waals surface area (Å²) in [5.74, 6) is 0.677. The van der Waals surface area contributed by atoms with Gasteiger partial charge in [0, 0.05) is 6.20 Å². The highest BCUT2D eigenvalue weighted by Gasteiger charge is 2.17. The van der Waals surface area contributed by atoms with Crippen LogP contribution in [0.4, 0.5) is 5.82 Å². The zero-order chi connectivity index (χ0) is 15.4. The quantitative estimate of drug-likeness (QED) is 0.697. The van der Waals surface area contributed by atoms with E-state index in [1.54, 1.807) is 0 Å². The van der Waals surface area contributed by atoms with Crippen molar-refractivity contribution in [2.75, 3.05) is 11.9 Å². The molecule has 2 aromatic heterocycles. The summed E-state index contributed by atoms with van der Waals surface area (Å²) in [4.78, 5) is 8.07. The topological polar surface area (TPSA) is 97.0 Å². The van der Waals surface area contributed by atoms with Crippen molar-refractivity contribution in [1.82, 2.24) is 20.2 Å². The van der Waals surface area contributed by atoms with Crippen LogP contribution in [0.15, 0.2) is 47.3 Å². The van der Waals surface area contributed by atoms with E-state index < -0.39 is 0 Å². The van der Waals surface area contributed by atoms with Crippen LogP contribution >= 0.6 is 11.6 Å². The molecule has 0 saturated carbocycles. The lowest BCUT2D eigenvalue weighted by molar-refractivity contribution is 0.276. The molecule has 2 heterocycles. The summed E-state index contributed by atoms with van der Waals surface area (Å²) in [6, 6.07) is 9.15. The number of nitrogens with one attached hydrogen (secondary N) is 1. The molecule has 0 spiro atoms. The molecule has 22 heavy (non-hydrogen) atoms. The number of halogens is 1. The first kappa shape index (κ1) is 14.4. The first-order chi connectivity index (χ1) is 10.8. The molecule has 8 heteroatoms. The first-order valence-electron chi connectivity index (χ1n) is 6.49. The third-order valence-corrected chi connectivity index (χ3v) is 3.23. The van der Waals surface area contributed by atoms with Gasteiger partial charge in [0.25, 0.3) is 5.89 Å². The largest absolute Gasteiger partial charge is 0.423 e. The fourth-order valence-electron chi connectivity index (χ4n) is 2.00. The number of aromatic nitrogens is 4. The second kappa shape index (κ2) is 6.50. The van der Waals surface area contributed by atoms with Gasteiger partial charge < -0.3 is 14.8 Å². The number of benzene rings is 1. The SMILES string of the molecule is OC[C@@H](Nc1nc(Cl)ncc1-c1nnco1)c1ccccc1. The van der Waals surface area contributed by atoms with E-state index in [-0.39, 0.29) is 23.8 Å². The molecule has 3 aromatic rings. The second-order valence-corrected chi connectivity index (χ2v) is 4.77. The second-order valence-electron chi connectivity index (χ2n) is 4.44. The smallest absolute Gasteiger partial charge is 0.252 e. The van der Waals surface area contributed by atoms with Crippen LogP contribution in [0.2, 0.25) is 5.28 Å². The van der Waals surface area contributed by atoms with E-state index >= 15 is 0 Å². The number of aliphatic hydroxyl groups is 1. The number of rotatable bonds is 5. The van der Waals surface area contributed by atoms with Crippen LogP contribution in [0.1, 0.15) is 11.6 Å². The van der Waals surface area contributed by atoms with Gasteiger partial charge in [-0.2, -0.15) is 4.98 Å². The van der Waals surface area contributed by atoms with Crippen LogP contribution in [0.5, 0.6) is 0 Å². The number of hydrogen-bond acceptors (Lipinski definition) is 7. The molecule has 2 N–H and O–H groups in total. The van der Waals surface area contributed by atoms with E-state index in [0.29, 0.717) is 11.4 Å². The van der Waals surface area contributed by atoms with Crippen LogP contribution < -0.4 is 5.32 Å². The minimum absolute atomic E-state index is 0.0792. The average molecular weight is 318 g/mol. The van der Waals surface area contributed by atoms with Crippen LogP contribution in [0.3, 0.4) is 0 Å². The summed E-state index contributed by atoms with van der Waals surface area (Å²) in [6.45, 7) is -0.116. The van der Waals surface area contributed by atoms with E-state index in [1.165, 1.54) is 12.6 Å². The molecule has 0 aliphatic carbocycles. The molecule has 3 rings (SSSR count). The van der Waals surface area contributed by atoms with Gasteiger partial charge in [0.1, 0.15) is 5.82 Å². The number of aliphatic hydroxyl groups excluding tert-OH is 1. The Kier molecular flexibility index (Phi) is 4.27. The molecule has 1 atom stereocenters. The van der Waals surface area contributed by atoms with Crippen molar-refractivity contribution in [2.45, 2.75) is 6.04 Å². The third-order valence-electron chi connectivity index (χ3n) is 3.05. The summed E-state index contributed by atoms with van der Waals surface area (Å²) in [5, 5.41) is 20.3. The summed E-state index contributed by atoms with van der Waals surface area (Å²) in [5.41, 5.74) is 1.42. The van der Waals surface area contributed by atoms with Crippen LogP contribution in [-0.4, -0.2) is 31.9 Å². The van der Waals surface area contributed by atoms with Crippen molar-refractivity contribution < 1.29 is 9.52 Å². The molecule has 1 aromatic carbocycles. The lowest BCUT2D eigenvalue weighted by Crippen LogP contribution is -2.16. The van der Waals surface area contributed by atoms with Crippen molar-refractivity contribution >= 4 is 17.4 Å². The molecule has 0 fully saturated rings. The normalized spacial score (nSPS) is 12.1. The van der Waals surface area contributed by atoms with Gasteiger partial charge >= 0.3 is 0 Å². The Hall–Kier alpha value is -2.51.